The summed E-state index contributed by atoms with van der Waals surface area (Å²) in [4.78, 5) is 2.64. The number of anilines is 1. The number of aromatic nitrogens is 1. The Kier molecular flexibility index (Phi) is 5.42. The van der Waals surface area contributed by atoms with Gasteiger partial charge >= 0.3 is 0 Å². The van der Waals surface area contributed by atoms with Crippen LogP contribution >= 0.6 is 0 Å². The molecule has 3 aromatic rings. The summed E-state index contributed by atoms with van der Waals surface area (Å²) in [5.41, 5.74) is 5.86. The Morgan fingerprint density at radius 2 is 1.59 bits per heavy atom. The fraction of sp³-hybridized carbons (Fsp3) is 0.400. The average molecular weight is 360 g/mol. The normalized spacial score (nSPS) is 12.7. The van der Waals surface area contributed by atoms with Crippen molar-refractivity contribution in [2.45, 2.75) is 52.4 Å². The van der Waals surface area contributed by atoms with Crippen molar-refractivity contribution >= 4 is 16.5 Å². The van der Waals surface area contributed by atoms with Gasteiger partial charge in [0, 0.05) is 37.2 Å². The monoisotopic (exact) mass is 359 g/mol. The average Bonchev–Trinajstić information content (AvgIpc) is 2.68. The molecule has 2 nitrogen and oxygen atoms in total. The van der Waals surface area contributed by atoms with Crippen LogP contribution in [0, 0.1) is 0 Å². The van der Waals surface area contributed by atoms with Gasteiger partial charge in [-0.25, -0.2) is 0 Å². The van der Waals surface area contributed by atoms with Crippen LogP contribution in [0.1, 0.15) is 50.8 Å². The summed E-state index contributed by atoms with van der Waals surface area (Å²) in [6.45, 7) is 6.94. The molecule has 0 bridgehead atoms. The molecule has 0 atom stereocenters. The molecule has 140 valence electrons. The van der Waals surface area contributed by atoms with Gasteiger partial charge in [0.2, 0.25) is 5.69 Å². The van der Waals surface area contributed by atoms with E-state index in [1.807, 2.05) is 0 Å². The van der Waals surface area contributed by atoms with E-state index in [1.54, 1.807) is 5.56 Å². The highest BCUT2D eigenvalue weighted by Crippen LogP contribution is 2.32. The summed E-state index contributed by atoms with van der Waals surface area (Å²) in [6.07, 6.45) is 9.77. The maximum atomic E-state index is 2.64. The third-order valence-corrected chi connectivity index (χ3v) is 5.87. The molecule has 0 N–H and O–H groups in total. The largest absolute Gasteiger partial charge is 0.371 e. The Morgan fingerprint density at radius 1 is 0.852 bits per heavy atom. The maximum Gasteiger partial charge on any atom is 0.218 e. The third-order valence-electron chi connectivity index (χ3n) is 5.87. The minimum atomic E-state index is 1.18. The van der Waals surface area contributed by atoms with Crippen LogP contribution in [0.4, 0.5) is 5.69 Å². The first-order valence-electron chi connectivity index (χ1n) is 10.6. The van der Waals surface area contributed by atoms with Crippen LogP contribution in [0.15, 0.2) is 54.7 Å². The molecule has 0 saturated carbocycles. The summed E-state index contributed by atoms with van der Waals surface area (Å²) in [7, 11) is 0. The highest BCUT2D eigenvalue weighted by Gasteiger charge is 2.31. The third kappa shape index (κ3) is 3.45. The molecule has 1 aliphatic carbocycles. The molecule has 1 aromatic heterocycles. The van der Waals surface area contributed by atoms with Crippen molar-refractivity contribution in [3.63, 3.8) is 0 Å². The minimum absolute atomic E-state index is 1.18. The molecule has 0 amide bonds. The topological polar surface area (TPSA) is 7.12 Å². The molecule has 0 spiro atoms. The highest BCUT2D eigenvalue weighted by atomic mass is 15.1. The van der Waals surface area contributed by atoms with Gasteiger partial charge in [0.05, 0.1) is 11.1 Å². The van der Waals surface area contributed by atoms with Crippen LogP contribution < -0.4 is 9.47 Å². The Bertz CT molecular complexity index is 916. The van der Waals surface area contributed by atoms with Gasteiger partial charge < -0.3 is 4.90 Å². The van der Waals surface area contributed by atoms with Crippen LogP contribution in [-0.4, -0.2) is 13.1 Å². The van der Waals surface area contributed by atoms with Crippen LogP contribution in [0.5, 0.6) is 0 Å². The molecule has 2 heteroatoms. The van der Waals surface area contributed by atoms with Gasteiger partial charge in [-0.2, -0.15) is 4.57 Å². The van der Waals surface area contributed by atoms with Crippen molar-refractivity contribution in [3.05, 3.63) is 66.0 Å². The van der Waals surface area contributed by atoms with Crippen molar-refractivity contribution in [2.75, 3.05) is 18.0 Å². The molecule has 0 unspecified atom stereocenters. The SMILES string of the molecule is CCCCN(CCCC)c1cc[n+](-c2cccc3ccccc23)c2c1CC2. The lowest BCUT2D eigenvalue weighted by Crippen LogP contribution is -2.42. The first kappa shape index (κ1) is 18.0. The Morgan fingerprint density at radius 3 is 2.30 bits per heavy atom. The van der Waals surface area contributed by atoms with E-state index in [4.69, 9.17) is 0 Å². The smallest absolute Gasteiger partial charge is 0.218 e. The summed E-state index contributed by atoms with van der Waals surface area (Å²) < 4.78 is 2.43. The lowest BCUT2D eigenvalue weighted by Gasteiger charge is -2.30. The van der Waals surface area contributed by atoms with Gasteiger partial charge in [0.1, 0.15) is 0 Å². The van der Waals surface area contributed by atoms with Crippen LogP contribution in [-0.2, 0) is 12.8 Å². The molecule has 1 aliphatic rings. The number of pyridine rings is 1. The highest BCUT2D eigenvalue weighted by molar-refractivity contribution is 5.88. The second-order valence-electron chi connectivity index (χ2n) is 7.69. The molecule has 4 rings (SSSR count). The molecule has 0 aliphatic heterocycles. The van der Waals surface area contributed by atoms with Gasteiger partial charge in [0.15, 0.2) is 11.9 Å². The molecular formula is C25H31N2+. The zero-order valence-electron chi connectivity index (χ0n) is 16.7. The fourth-order valence-corrected chi connectivity index (χ4v) is 4.23. The van der Waals surface area contributed by atoms with Crippen molar-refractivity contribution in [2.24, 2.45) is 0 Å². The zero-order valence-corrected chi connectivity index (χ0v) is 16.7. The number of rotatable bonds is 8. The van der Waals surface area contributed by atoms with E-state index < -0.39 is 0 Å². The van der Waals surface area contributed by atoms with E-state index in [1.165, 1.54) is 79.5 Å². The first-order chi connectivity index (χ1) is 13.3. The Labute approximate surface area is 163 Å². The van der Waals surface area contributed by atoms with Gasteiger partial charge in [-0.05, 0) is 30.7 Å². The molecule has 27 heavy (non-hydrogen) atoms. The quantitative estimate of drug-likeness (QED) is 0.473. The lowest BCUT2D eigenvalue weighted by molar-refractivity contribution is -0.605. The second-order valence-corrected chi connectivity index (χ2v) is 7.69. The molecule has 0 radical (unpaired) electrons. The van der Waals surface area contributed by atoms with Gasteiger partial charge in [-0.1, -0.05) is 57.0 Å². The van der Waals surface area contributed by atoms with Crippen molar-refractivity contribution in [3.8, 4) is 5.69 Å². The summed E-state index contributed by atoms with van der Waals surface area (Å²) in [5.74, 6) is 0. The van der Waals surface area contributed by atoms with Crippen LogP contribution in [0.2, 0.25) is 0 Å². The van der Waals surface area contributed by atoms with Gasteiger partial charge in [0.25, 0.3) is 0 Å². The number of hydrogen-bond acceptors (Lipinski definition) is 1. The van der Waals surface area contributed by atoms with Crippen LogP contribution in [0.25, 0.3) is 16.5 Å². The first-order valence-corrected chi connectivity index (χ1v) is 10.6. The Hall–Kier alpha value is -2.35. The van der Waals surface area contributed by atoms with Gasteiger partial charge in [-0.3, -0.25) is 0 Å². The van der Waals surface area contributed by atoms with E-state index in [2.05, 4.69) is 78.0 Å². The predicted molar refractivity (Wildman–Crippen MR) is 115 cm³/mol. The van der Waals surface area contributed by atoms with E-state index >= 15 is 0 Å². The van der Waals surface area contributed by atoms with Crippen molar-refractivity contribution in [1.82, 2.24) is 0 Å². The Balaban J connectivity index is 1.74. The fourth-order valence-electron chi connectivity index (χ4n) is 4.23. The zero-order chi connectivity index (χ0) is 18.6. The van der Waals surface area contributed by atoms with Crippen LogP contribution in [0.3, 0.4) is 0 Å². The second kappa shape index (κ2) is 8.12. The predicted octanol–water partition coefficient (Wildman–Crippen LogP) is 5.62. The molecule has 1 heterocycles. The number of benzene rings is 2. The molecule has 2 aromatic carbocycles. The summed E-state index contributed by atoms with van der Waals surface area (Å²) >= 11 is 0. The number of hydrogen-bond donors (Lipinski definition) is 0. The van der Waals surface area contributed by atoms with Crippen molar-refractivity contribution in [1.29, 1.82) is 0 Å². The van der Waals surface area contributed by atoms with E-state index in [0.717, 1.165) is 0 Å². The van der Waals surface area contributed by atoms with E-state index in [-0.39, 0.29) is 0 Å². The minimum Gasteiger partial charge on any atom is -0.371 e. The van der Waals surface area contributed by atoms with Crippen molar-refractivity contribution < 1.29 is 4.57 Å². The van der Waals surface area contributed by atoms with Gasteiger partial charge in [-0.15, -0.1) is 0 Å². The standard InChI is InChI=1S/C25H31N2/c1-3-5-17-26(18-6-4-2)23-16-19-27(25-15-14-22(23)25)24-13-9-11-20-10-7-8-12-21(20)24/h7-13,16,19H,3-6,14-15,17-18H2,1-2H3/q+1. The molecule has 0 fully saturated rings. The van der Waals surface area contributed by atoms with E-state index in [0.29, 0.717) is 0 Å². The summed E-state index contributed by atoms with van der Waals surface area (Å²) in [5, 5.41) is 2.65. The number of fused-ring (bicyclic) bond motifs is 2. The molecular weight excluding hydrogens is 328 g/mol. The lowest BCUT2D eigenvalue weighted by atomic mass is 9.90. The number of nitrogens with zero attached hydrogens (tertiary/aromatic N) is 2. The maximum absolute atomic E-state index is 2.64. The number of unbranched alkanes of at least 4 members (excludes halogenated alkanes) is 2. The molecule has 0 saturated heterocycles. The van der Waals surface area contributed by atoms with E-state index in [9.17, 15) is 0 Å². The summed E-state index contributed by atoms with van der Waals surface area (Å²) in [6, 6.07) is 17.7.